The van der Waals surface area contributed by atoms with Crippen LogP contribution in [0.5, 0.6) is 0 Å². The van der Waals surface area contributed by atoms with Gasteiger partial charge in [-0.15, -0.1) is 11.3 Å². The quantitative estimate of drug-likeness (QED) is 0.203. The second kappa shape index (κ2) is 10.7. The molecule has 0 saturated carbocycles. The van der Waals surface area contributed by atoms with Crippen molar-refractivity contribution < 1.29 is 0 Å². The summed E-state index contributed by atoms with van der Waals surface area (Å²) in [6.45, 7) is 0.719. The lowest BCUT2D eigenvalue weighted by Gasteiger charge is -2.19. The van der Waals surface area contributed by atoms with Gasteiger partial charge in [-0.2, -0.15) is 0 Å². The van der Waals surface area contributed by atoms with Gasteiger partial charge < -0.3 is 5.32 Å². The molecule has 0 unspecified atom stereocenters. The van der Waals surface area contributed by atoms with E-state index in [0.717, 1.165) is 51.9 Å². The number of rotatable bonds is 4. The smallest absolute Gasteiger partial charge is 0.366 e. The van der Waals surface area contributed by atoms with Gasteiger partial charge in [0.05, 0.1) is 11.3 Å². The minimum absolute atomic E-state index is 0.719. The van der Waals surface area contributed by atoms with Crippen LogP contribution in [0.3, 0.4) is 0 Å². The van der Waals surface area contributed by atoms with E-state index in [-0.39, 0.29) is 0 Å². The number of benzene rings is 5. The third kappa shape index (κ3) is 4.42. The van der Waals surface area contributed by atoms with E-state index in [1.54, 1.807) is 11.3 Å². The Kier molecular flexibility index (Phi) is 6.23. The fourth-order valence-electron chi connectivity index (χ4n) is 6.27. The second-order valence-corrected chi connectivity index (χ2v) is 13.0. The van der Waals surface area contributed by atoms with E-state index < -0.39 is 0 Å². The number of aliphatic imine (C=N–C) groups is 2. The summed E-state index contributed by atoms with van der Waals surface area (Å²) in [6.07, 6.45) is 4.12. The summed E-state index contributed by atoms with van der Waals surface area (Å²) in [5.74, 6) is 1.64. The van der Waals surface area contributed by atoms with Gasteiger partial charge in [0, 0.05) is 43.3 Å². The van der Waals surface area contributed by atoms with Crippen LogP contribution in [0.2, 0.25) is 0 Å². The summed E-state index contributed by atoms with van der Waals surface area (Å²) in [5, 5.41) is 6.89. The first-order valence-electron chi connectivity index (χ1n) is 14.9. The van der Waals surface area contributed by atoms with Crippen LogP contribution in [0.4, 0.5) is 0 Å². The van der Waals surface area contributed by atoms with E-state index in [0.29, 0.717) is 0 Å². The van der Waals surface area contributed by atoms with Crippen LogP contribution in [-0.2, 0) is 0 Å². The Hall–Kier alpha value is -5.26. The summed E-state index contributed by atoms with van der Waals surface area (Å²) in [7, 11) is 0. The predicted molar refractivity (Wildman–Crippen MR) is 191 cm³/mol. The van der Waals surface area contributed by atoms with Gasteiger partial charge in [-0.1, -0.05) is 103 Å². The first kappa shape index (κ1) is 26.2. The summed E-state index contributed by atoms with van der Waals surface area (Å²) < 4.78 is 6.06. The highest BCUT2D eigenvalue weighted by molar-refractivity contribution is 7.99. The molecule has 6 heteroatoms. The van der Waals surface area contributed by atoms with Gasteiger partial charge in [-0.05, 0) is 62.8 Å². The highest BCUT2D eigenvalue weighted by Crippen LogP contribution is 2.54. The normalized spacial score (nSPS) is 14.8. The molecule has 212 valence electrons. The molecule has 1 N–H and O–H groups in total. The van der Waals surface area contributed by atoms with Crippen molar-refractivity contribution in [3.05, 3.63) is 149 Å². The maximum Gasteiger partial charge on any atom is 0.422 e. The Bertz CT molecular complexity index is 2320. The lowest BCUT2D eigenvalue weighted by atomic mass is 9.91. The topological polar surface area (TPSA) is 50.9 Å². The number of thiophene rings is 1. The summed E-state index contributed by atoms with van der Waals surface area (Å²) in [4.78, 5) is 12.7. The molecule has 9 rings (SSSR count). The van der Waals surface area contributed by atoms with E-state index in [1.807, 2.05) is 42.2 Å². The number of hydrogen-bond acceptors (Lipinski definition) is 5. The summed E-state index contributed by atoms with van der Waals surface area (Å²) in [5.41, 5.74) is 11.1. The lowest BCUT2D eigenvalue weighted by molar-refractivity contribution is 1.02. The Balaban J connectivity index is 1.27. The average molecular weight is 614 g/mol. The molecular weight excluding hydrogens is 589 g/mol. The maximum absolute atomic E-state index is 5.17. The zero-order chi connectivity index (χ0) is 29.7. The standard InChI is InChI=1S/C39H25N4S2/c1-3-10-24(11-4-1)38-40-20-18-32(42-38)30-17-9-16-29-27-14-7-8-15-28(27)34-35-26(19-21-44-35)22-31(37(34)45-36(29)30)33-23-41-39(43-33)25-12-5-2-6-13-25/h1-19,21-23H,20H2,(H,40,42)/q+1. The van der Waals surface area contributed by atoms with Gasteiger partial charge in [-0.25, -0.2) is 9.66 Å². The van der Waals surface area contributed by atoms with Crippen molar-refractivity contribution in [2.45, 2.75) is 9.79 Å². The first-order valence-corrected chi connectivity index (χ1v) is 16.6. The van der Waals surface area contributed by atoms with Crippen molar-refractivity contribution in [2.75, 3.05) is 6.54 Å². The molecule has 0 bridgehead atoms. The predicted octanol–water partition coefficient (Wildman–Crippen LogP) is 8.48. The van der Waals surface area contributed by atoms with Crippen LogP contribution in [0.1, 0.15) is 22.3 Å². The van der Waals surface area contributed by atoms with Crippen molar-refractivity contribution >= 4 is 62.5 Å². The minimum Gasteiger partial charge on any atom is -0.366 e. The number of fused-ring (bicyclic) bond motifs is 7. The SMILES string of the molecule is C1=[N+]=C(c2ccccc2)N=C1c1cc2ccsc2c2c1Sc1c(C3=CCNC(c4ccccc4)=N3)cccc1-c1ccccc1-2. The molecule has 0 aliphatic carbocycles. The maximum atomic E-state index is 5.17. The van der Waals surface area contributed by atoms with Crippen LogP contribution >= 0.6 is 23.1 Å². The number of nitrogens with zero attached hydrogens (tertiary/aromatic N) is 3. The average Bonchev–Trinajstić information content (AvgIpc) is 3.77. The number of amidine groups is 2. The molecule has 3 aliphatic rings. The molecule has 4 heterocycles. The molecule has 3 aliphatic heterocycles. The van der Waals surface area contributed by atoms with Gasteiger partial charge in [0.2, 0.25) is 11.9 Å². The highest BCUT2D eigenvalue weighted by Gasteiger charge is 2.32. The molecule has 0 saturated heterocycles. The molecule has 0 fully saturated rings. The van der Waals surface area contributed by atoms with E-state index in [1.165, 1.54) is 42.1 Å². The molecule has 4 nitrogen and oxygen atoms in total. The minimum atomic E-state index is 0.719. The second-order valence-electron chi connectivity index (χ2n) is 11.0. The first-order chi connectivity index (χ1) is 22.3. The molecule has 1 aromatic heterocycles. The van der Waals surface area contributed by atoms with Crippen LogP contribution in [0.15, 0.2) is 146 Å². The molecule has 5 aromatic carbocycles. The molecule has 0 amide bonds. The van der Waals surface area contributed by atoms with Crippen LogP contribution < -0.4 is 9.98 Å². The molecular formula is C39H25N4S2+. The highest BCUT2D eigenvalue weighted by atomic mass is 32.2. The zero-order valence-electron chi connectivity index (χ0n) is 24.1. The third-order valence-corrected chi connectivity index (χ3v) is 10.6. The zero-order valence-corrected chi connectivity index (χ0v) is 25.7. The van der Waals surface area contributed by atoms with Gasteiger partial charge >= 0.3 is 5.84 Å². The fraction of sp³-hybridized carbons (Fsp3) is 0.0256. The molecule has 6 aromatic rings. The number of nitrogens with one attached hydrogen (secondary N) is 1. The van der Waals surface area contributed by atoms with E-state index in [2.05, 4.69) is 108 Å². The lowest BCUT2D eigenvalue weighted by Crippen LogP contribution is -2.27. The van der Waals surface area contributed by atoms with Crippen molar-refractivity contribution in [3.63, 3.8) is 0 Å². The van der Waals surface area contributed by atoms with Crippen molar-refractivity contribution in [1.29, 1.82) is 0 Å². The molecule has 0 atom stereocenters. The molecule has 0 spiro atoms. The van der Waals surface area contributed by atoms with E-state index in [4.69, 9.17) is 14.7 Å². The van der Waals surface area contributed by atoms with Crippen molar-refractivity contribution in [3.8, 4) is 22.3 Å². The summed E-state index contributed by atoms with van der Waals surface area (Å²) >= 11 is 3.63. The Morgan fingerprint density at radius 3 is 2.22 bits per heavy atom. The van der Waals surface area contributed by atoms with E-state index >= 15 is 0 Å². The summed E-state index contributed by atoms with van der Waals surface area (Å²) in [6, 6.07) is 40.5. The van der Waals surface area contributed by atoms with Gasteiger partial charge in [0.15, 0.2) is 0 Å². The van der Waals surface area contributed by atoms with E-state index in [9.17, 15) is 0 Å². The molecule has 45 heavy (non-hydrogen) atoms. The largest absolute Gasteiger partial charge is 0.422 e. The van der Waals surface area contributed by atoms with Crippen molar-refractivity contribution in [2.24, 2.45) is 9.98 Å². The van der Waals surface area contributed by atoms with Crippen LogP contribution in [0, 0.1) is 0 Å². The fourth-order valence-corrected chi connectivity index (χ4v) is 8.64. The van der Waals surface area contributed by atoms with Crippen LogP contribution in [0.25, 0.3) is 38.0 Å². The Labute approximate surface area is 269 Å². The number of hydrogen-bond donors (Lipinski definition) is 1. The Morgan fingerprint density at radius 1 is 0.644 bits per heavy atom. The monoisotopic (exact) mass is 613 g/mol. The van der Waals surface area contributed by atoms with Crippen LogP contribution in [-0.4, -0.2) is 30.1 Å². The van der Waals surface area contributed by atoms with Gasteiger partial charge in [0.1, 0.15) is 5.84 Å². The van der Waals surface area contributed by atoms with Gasteiger partial charge in [-0.3, -0.25) is 0 Å². The Morgan fingerprint density at radius 2 is 1.38 bits per heavy atom. The van der Waals surface area contributed by atoms with Crippen molar-refractivity contribution in [1.82, 2.24) is 9.98 Å². The third-order valence-electron chi connectivity index (χ3n) is 8.36. The molecule has 0 radical (unpaired) electrons. The van der Waals surface area contributed by atoms with Gasteiger partial charge in [0.25, 0.3) is 0 Å².